The van der Waals surface area contributed by atoms with Crippen molar-refractivity contribution in [2.75, 3.05) is 0 Å². The van der Waals surface area contributed by atoms with Crippen LogP contribution in [-0.2, 0) is 5.75 Å². The fourth-order valence-electron chi connectivity index (χ4n) is 2.10. The van der Waals surface area contributed by atoms with Crippen LogP contribution < -0.4 is 0 Å². The number of carbonyl (C=O) groups is 1. The second kappa shape index (κ2) is 6.25. The van der Waals surface area contributed by atoms with E-state index in [1.807, 2.05) is 42.7 Å². The number of benzene rings is 1. The highest BCUT2D eigenvalue weighted by molar-refractivity contribution is 7.98. The maximum absolute atomic E-state index is 10.8. The first-order chi connectivity index (χ1) is 11.0. The Bertz CT molecular complexity index is 856. The molecule has 23 heavy (non-hydrogen) atoms. The molecule has 0 saturated carbocycles. The molecule has 0 aliphatic carbocycles. The minimum absolute atomic E-state index is 0.100. The van der Waals surface area contributed by atoms with Gasteiger partial charge in [0.05, 0.1) is 5.75 Å². The predicted octanol–water partition coefficient (Wildman–Crippen LogP) is 2.86. The molecule has 0 saturated heterocycles. The standard InChI is InChI=1S/C15H14N4O3S/c1-9-4-3-5-11(6-9)19-10(2)17-18-15(19)23-8-13-16-12(7-22-13)14(20)21/h3-7H,8H2,1-2H3,(H,20,21). The van der Waals surface area contributed by atoms with Crippen LogP contribution in [0, 0.1) is 13.8 Å². The van der Waals surface area contributed by atoms with E-state index in [0.29, 0.717) is 16.8 Å². The van der Waals surface area contributed by atoms with Crippen LogP contribution in [0.2, 0.25) is 0 Å². The van der Waals surface area contributed by atoms with E-state index < -0.39 is 5.97 Å². The van der Waals surface area contributed by atoms with E-state index >= 15 is 0 Å². The van der Waals surface area contributed by atoms with E-state index in [4.69, 9.17) is 9.52 Å². The van der Waals surface area contributed by atoms with Crippen molar-refractivity contribution in [2.45, 2.75) is 24.8 Å². The van der Waals surface area contributed by atoms with Crippen molar-refractivity contribution >= 4 is 17.7 Å². The summed E-state index contributed by atoms with van der Waals surface area (Å²) in [6, 6.07) is 8.04. The molecule has 0 atom stereocenters. The summed E-state index contributed by atoms with van der Waals surface area (Å²) >= 11 is 1.39. The van der Waals surface area contributed by atoms with Gasteiger partial charge in [-0.2, -0.15) is 0 Å². The molecule has 0 spiro atoms. The van der Waals surface area contributed by atoms with Gasteiger partial charge in [0.15, 0.2) is 10.9 Å². The summed E-state index contributed by atoms with van der Waals surface area (Å²) in [6.07, 6.45) is 1.13. The molecule has 0 amide bonds. The van der Waals surface area contributed by atoms with E-state index in [1.54, 1.807) is 0 Å². The van der Waals surface area contributed by atoms with Gasteiger partial charge in [0, 0.05) is 5.69 Å². The Morgan fingerprint density at radius 1 is 1.35 bits per heavy atom. The van der Waals surface area contributed by atoms with Gasteiger partial charge in [0.25, 0.3) is 0 Å². The van der Waals surface area contributed by atoms with Crippen molar-refractivity contribution < 1.29 is 14.3 Å². The van der Waals surface area contributed by atoms with Gasteiger partial charge in [-0.05, 0) is 31.5 Å². The summed E-state index contributed by atoms with van der Waals surface area (Å²) in [7, 11) is 0. The fraction of sp³-hybridized carbons (Fsp3) is 0.200. The first-order valence-electron chi connectivity index (χ1n) is 6.84. The van der Waals surface area contributed by atoms with Gasteiger partial charge in [0.2, 0.25) is 5.89 Å². The molecule has 7 nitrogen and oxygen atoms in total. The topological polar surface area (TPSA) is 94.0 Å². The summed E-state index contributed by atoms with van der Waals surface area (Å²) in [5, 5.41) is 17.8. The number of aromatic nitrogens is 4. The van der Waals surface area contributed by atoms with Gasteiger partial charge in [0.1, 0.15) is 12.1 Å². The molecule has 3 aromatic rings. The Hall–Kier alpha value is -2.61. The van der Waals surface area contributed by atoms with E-state index in [1.165, 1.54) is 11.8 Å². The van der Waals surface area contributed by atoms with Crippen LogP contribution in [0.3, 0.4) is 0 Å². The number of hydrogen-bond acceptors (Lipinski definition) is 6. The second-order valence-corrected chi connectivity index (χ2v) is 5.87. The third-order valence-electron chi connectivity index (χ3n) is 3.15. The minimum atomic E-state index is -1.11. The van der Waals surface area contributed by atoms with Gasteiger partial charge in [-0.15, -0.1) is 10.2 Å². The number of carboxylic acid groups (broad SMARTS) is 1. The molecular formula is C15H14N4O3S. The Balaban J connectivity index is 1.82. The van der Waals surface area contributed by atoms with Crippen LogP contribution in [0.1, 0.15) is 27.8 Å². The van der Waals surface area contributed by atoms with Crippen molar-refractivity contribution in [3.63, 3.8) is 0 Å². The van der Waals surface area contributed by atoms with Crippen LogP contribution >= 0.6 is 11.8 Å². The molecule has 2 aromatic heterocycles. The van der Waals surface area contributed by atoms with Gasteiger partial charge in [-0.3, -0.25) is 4.57 Å². The van der Waals surface area contributed by atoms with Crippen LogP contribution in [-0.4, -0.2) is 30.8 Å². The summed E-state index contributed by atoms with van der Waals surface area (Å²) in [5.74, 6) is 0.376. The maximum Gasteiger partial charge on any atom is 0.357 e. The van der Waals surface area contributed by atoms with Crippen molar-refractivity contribution in [2.24, 2.45) is 0 Å². The van der Waals surface area contributed by atoms with E-state index in [0.717, 1.165) is 23.3 Å². The quantitative estimate of drug-likeness (QED) is 0.719. The minimum Gasteiger partial charge on any atom is -0.476 e. The average molecular weight is 330 g/mol. The zero-order chi connectivity index (χ0) is 16.4. The molecule has 0 bridgehead atoms. The predicted molar refractivity (Wildman–Crippen MR) is 83.9 cm³/mol. The molecule has 0 unspecified atom stereocenters. The van der Waals surface area contributed by atoms with E-state index in [2.05, 4.69) is 15.2 Å². The number of aryl methyl sites for hydroxylation is 2. The molecule has 8 heteroatoms. The first-order valence-corrected chi connectivity index (χ1v) is 7.82. The smallest absolute Gasteiger partial charge is 0.357 e. The van der Waals surface area contributed by atoms with Crippen molar-refractivity contribution in [3.8, 4) is 5.69 Å². The fourth-order valence-corrected chi connectivity index (χ4v) is 2.95. The van der Waals surface area contributed by atoms with Gasteiger partial charge < -0.3 is 9.52 Å². The number of carboxylic acids is 1. The molecule has 118 valence electrons. The highest BCUT2D eigenvalue weighted by Gasteiger charge is 2.15. The third-order valence-corrected chi connectivity index (χ3v) is 4.06. The monoisotopic (exact) mass is 330 g/mol. The highest BCUT2D eigenvalue weighted by atomic mass is 32.2. The van der Waals surface area contributed by atoms with Gasteiger partial charge in [-0.1, -0.05) is 23.9 Å². The number of nitrogens with zero attached hydrogens (tertiary/aromatic N) is 4. The van der Waals surface area contributed by atoms with E-state index in [-0.39, 0.29) is 5.69 Å². The summed E-state index contributed by atoms with van der Waals surface area (Å²) < 4.78 is 7.09. The van der Waals surface area contributed by atoms with Crippen molar-refractivity contribution in [1.82, 2.24) is 19.7 Å². The molecule has 0 radical (unpaired) electrons. The Morgan fingerprint density at radius 3 is 2.87 bits per heavy atom. The number of thioether (sulfide) groups is 1. The summed E-state index contributed by atoms with van der Waals surface area (Å²) in [6.45, 7) is 3.91. The summed E-state index contributed by atoms with van der Waals surface area (Å²) in [5.41, 5.74) is 2.02. The van der Waals surface area contributed by atoms with E-state index in [9.17, 15) is 4.79 Å². The van der Waals surface area contributed by atoms with Crippen LogP contribution in [0.5, 0.6) is 0 Å². The van der Waals surface area contributed by atoms with Gasteiger partial charge >= 0.3 is 5.97 Å². The number of hydrogen-bond donors (Lipinski definition) is 1. The highest BCUT2D eigenvalue weighted by Crippen LogP contribution is 2.25. The van der Waals surface area contributed by atoms with Crippen LogP contribution in [0.25, 0.3) is 5.69 Å². The second-order valence-electron chi connectivity index (χ2n) is 4.92. The zero-order valence-electron chi connectivity index (χ0n) is 12.6. The molecular weight excluding hydrogens is 316 g/mol. The van der Waals surface area contributed by atoms with Crippen molar-refractivity contribution in [3.05, 3.63) is 53.5 Å². The molecule has 3 rings (SSSR count). The molecule has 1 N–H and O–H groups in total. The number of rotatable bonds is 5. The Kier molecular flexibility index (Phi) is 4.16. The van der Waals surface area contributed by atoms with Crippen LogP contribution in [0.15, 0.2) is 40.1 Å². The Morgan fingerprint density at radius 2 is 2.17 bits per heavy atom. The normalized spacial score (nSPS) is 10.9. The lowest BCUT2D eigenvalue weighted by molar-refractivity contribution is 0.0690. The lowest BCUT2D eigenvalue weighted by atomic mass is 10.2. The SMILES string of the molecule is Cc1cccc(-n2c(C)nnc2SCc2nc(C(=O)O)co2)c1. The molecule has 0 fully saturated rings. The molecule has 0 aliphatic rings. The first kappa shape index (κ1) is 15.3. The lowest BCUT2D eigenvalue weighted by Crippen LogP contribution is -2.00. The third kappa shape index (κ3) is 3.26. The van der Waals surface area contributed by atoms with Crippen LogP contribution in [0.4, 0.5) is 0 Å². The molecule has 0 aliphatic heterocycles. The molecule has 1 aromatic carbocycles. The lowest BCUT2D eigenvalue weighted by Gasteiger charge is -2.08. The maximum atomic E-state index is 10.8. The largest absolute Gasteiger partial charge is 0.476 e. The Labute approximate surface area is 136 Å². The molecule has 2 heterocycles. The number of oxazole rings is 1. The zero-order valence-corrected chi connectivity index (χ0v) is 13.4. The van der Waals surface area contributed by atoms with Gasteiger partial charge in [-0.25, -0.2) is 9.78 Å². The average Bonchev–Trinajstić information content (AvgIpc) is 3.12. The summed E-state index contributed by atoms with van der Waals surface area (Å²) in [4.78, 5) is 14.7. The number of aromatic carboxylic acids is 1. The van der Waals surface area contributed by atoms with Crippen molar-refractivity contribution in [1.29, 1.82) is 0 Å².